The molecule has 2 rings (SSSR count). The lowest BCUT2D eigenvalue weighted by atomic mass is 10.0. The Labute approximate surface area is 134 Å². The van der Waals surface area contributed by atoms with E-state index in [1.165, 1.54) is 56.6 Å². The second-order valence-corrected chi connectivity index (χ2v) is 7.03. The number of unbranched alkanes of at least 4 members (excludes halogenated alkanes) is 3. The smallest absolute Gasteiger partial charge is 0.0235 e. The highest BCUT2D eigenvalue weighted by molar-refractivity contribution is 7.98. The van der Waals surface area contributed by atoms with Crippen LogP contribution >= 0.6 is 11.8 Å². The Morgan fingerprint density at radius 1 is 1.14 bits per heavy atom. The third kappa shape index (κ3) is 6.86. The van der Waals surface area contributed by atoms with Gasteiger partial charge in [0.15, 0.2) is 0 Å². The average molecular weight is 307 g/mol. The fourth-order valence-corrected chi connectivity index (χ4v) is 3.56. The summed E-state index contributed by atoms with van der Waals surface area (Å²) in [6, 6.07) is 11.5. The zero-order valence-corrected chi connectivity index (χ0v) is 14.2. The molecule has 1 heterocycles. The van der Waals surface area contributed by atoms with Crippen molar-refractivity contribution >= 4 is 11.8 Å². The van der Waals surface area contributed by atoms with E-state index in [9.17, 15) is 0 Å². The number of hydrogen-bond acceptors (Lipinski definition) is 3. The molecule has 1 atom stereocenters. The number of thioether (sulfide) groups is 1. The summed E-state index contributed by atoms with van der Waals surface area (Å²) in [6.45, 7) is 4.85. The zero-order chi connectivity index (χ0) is 14.8. The summed E-state index contributed by atoms with van der Waals surface area (Å²) in [6.07, 6.45) is 8.92. The minimum Gasteiger partial charge on any atom is -0.311 e. The largest absolute Gasteiger partial charge is 0.311 e. The van der Waals surface area contributed by atoms with Gasteiger partial charge in [-0.1, -0.05) is 43.2 Å². The van der Waals surface area contributed by atoms with Gasteiger partial charge in [0.25, 0.3) is 0 Å². The molecule has 2 nitrogen and oxygen atoms in total. The van der Waals surface area contributed by atoms with Crippen LogP contribution in [0.2, 0.25) is 0 Å². The number of nitrogens with zero attached hydrogens (tertiary/aromatic N) is 1. The van der Waals surface area contributed by atoms with Crippen molar-refractivity contribution in [3.63, 3.8) is 0 Å². The predicted molar refractivity (Wildman–Crippen MR) is 95.2 cm³/mol. The normalized spacial score (nSPS) is 19.8. The van der Waals surface area contributed by atoms with E-state index in [1.54, 1.807) is 0 Å². The minimum atomic E-state index is 0.623. The molecule has 3 heteroatoms. The third-order valence-electron chi connectivity index (χ3n) is 4.24. The summed E-state index contributed by atoms with van der Waals surface area (Å²) in [7, 11) is 0. The maximum Gasteiger partial charge on any atom is 0.0235 e. The van der Waals surface area contributed by atoms with Crippen LogP contribution in [0.4, 0.5) is 0 Å². The van der Waals surface area contributed by atoms with Crippen LogP contribution in [0.25, 0.3) is 0 Å². The highest BCUT2D eigenvalue weighted by atomic mass is 32.2. The molecule has 1 saturated heterocycles. The van der Waals surface area contributed by atoms with E-state index in [2.05, 4.69) is 46.8 Å². The van der Waals surface area contributed by atoms with Crippen LogP contribution in [0.1, 0.15) is 31.2 Å². The van der Waals surface area contributed by atoms with Gasteiger partial charge in [-0.3, -0.25) is 0 Å². The van der Waals surface area contributed by atoms with Gasteiger partial charge in [0, 0.05) is 25.7 Å². The van der Waals surface area contributed by atoms with Crippen molar-refractivity contribution in [2.24, 2.45) is 0 Å². The molecule has 0 amide bonds. The number of benzene rings is 1. The van der Waals surface area contributed by atoms with Gasteiger partial charge in [0.2, 0.25) is 0 Å². The first-order chi connectivity index (χ1) is 10.4. The van der Waals surface area contributed by atoms with Gasteiger partial charge in [-0.15, -0.1) is 0 Å². The Hall–Kier alpha value is -0.510. The molecule has 118 valence electrons. The van der Waals surface area contributed by atoms with E-state index in [1.807, 2.05) is 11.8 Å². The molecule has 0 aliphatic carbocycles. The lowest BCUT2D eigenvalue weighted by Crippen LogP contribution is -2.51. The van der Waals surface area contributed by atoms with Crippen LogP contribution in [0.5, 0.6) is 0 Å². The standard InChI is InChI=1S/C18H30N2S/c1-21-14-8-3-2-7-12-20-13-11-19-18(16-20)15-17-9-5-4-6-10-17/h4-6,9-10,18-19H,2-3,7-8,11-16H2,1H3. The van der Waals surface area contributed by atoms with E-state index in [0.717, 1.165) is 13.0 Å². The van der Waals surface area contributed by atoms with Crippen molar-refractivity contribution < 1.29 is 0 Å². The molecule has 0 saturated carbocycles. The Morgan fingerprint density at radius 3 is 2.76 bits per heavy atom. The summed E-state index contributed by atoms with van der Waals surface area (Å²) < 4.78 is 0. The molecule has 1 N–H and O–H groups in total. The van der Waals surface area contributed by atoms with E-state index >= 15 is 0 Å². The molecule has 1 aromatic rings. The Balaban J connectivity index is 1.62. The molecular formula is C18H30N2S. The minimum absolute atomic E-state index is 0.623. The number of piperazine rings is 1. The molecule has 1 fully saturated rings. The molecule has 0 radical (unpaired) electrons. The molecule has 0 bridgehead atoms. The van der Waals surface area contributed by atoms with Crippen LogP contribution in [-0.4, -0.2) is 49.1 Å². The first-order valence-corrected chi connectivity index (χ1v) is 9.76. The molecular weight excluding hydrogens is 276 g/mol. The number of nitrogens with one attached hydrogen (secondary N) is 1. The van der Waals surface area contributed by atoms with Crippen molar-refractivity contribution in [2.45, 2.75) is 38.1 Å². The van der Waals surface area contributed by atoms with Gasteiger partial charge in [0.05, 0.1) is 0 Å². The van der Waals surface area contributed by atoms with Crippen LogP contribution in [0, 0.1) is 0 Å². The SMILES string of the molecule is CSCCCCCCN1CCNC(Cc2ccccc2)C1. The number of hydrogen-bond donors (Lipinski definition) is 1. The molecule has 1 aromatic carbocycles. The van der Waals surface area contributed by atoms with Gasteiger partial charge in [0.1, 0.15) is 0 Å². The second kappa shape index (κ2) is 10.3. The second-order valence-electron chi connectivity index (χ2n) is 6.05. The van der Waals surface area contributed by atoms with Gasteiger partial charge in [-0.05, 0) is 43.4 Å². The quantitative estimate of drug-likeness (QED) is 0.704. The van der Waals surface area contributed by atoms with E-state index < -0.39 is 0 Å². The molecule has 0 aromatic heterocycles. The van der Waals surface area contributed by atoms with Crippen LogP contribution in [-0.2, 0) is 6.42 Å². The lowest BCUT2D eigenvalue weighted by molar-refractivity contribution is 0.195. The van der Waals surface area contributed by atoms with Crippen LogP contribution in [0.15, 0.2) is 30.3 Å². The van der Waals surface area contributed by atoms with Crippen molar-refractivity contribution in [1.82, 2.24) is 10.2 Å². The summed E-state index contributed by atoms with van der Waals surface area (Å²) in [5.74, 6) is 1.33. The maximum absolute atomic E-state index is 3.67. The first kappa shape index (κ1) is 16.9. The predicted octanol–water partition coefficient (Wildman–Crippen LogP) is 3.43. The summed E-state index contributed by atoms with van der Waals surface area (Å²) in [5.41, 5.74) is 1.45. The van der Waals surface area contributed by atoms with Gasteiger partial charge < -0.3 is 10.2 Å². The van der Waals surface area contributed by atoms with Gasteiger partial charge in [-0.2, -0.15) is 11.8 Å². The summed E-state index contributed by atoms with van der Waals surface area (Å²) in [4.78, 5) is 2.65. The van der Waals surface area contributed by atoms with Crippen LogP contribution in [0.3, 0.4) is 0 Å². The van der Waals surface area contributed by atoms with Crippen molar-refractivity contribution in [3.05, 3.63) is 35.9 Å². The van der Waals surface area contributed by atoms with E-state index in [-0.39, 0.29) is 0 Å². The lowest BCUT2D eigenvalue weighted by Gasteiger charge is -2.33. The van der Waals surface area contributed by atoms with Crippen molar-refractivity contribution in [2.75, 3.05) is 38.2 Å². The highest BCUT2D eigenvalue weighted by Crippen LogP contribution is 2.10. The highest BCUT2D eigenvalue weighted by Gasteiger charge is 2.18. The fourth-order valence-electron chi connectivity index (χ4n) is 3.07. The zero-order valence-electron chi connectivity index (χ0n) is 13.4. The molecule has 1 unspecified atom stereocenters. The monoisotopic (exact) mass is 306 g/mol. The Morgan fingerprint density at radius 2 is 1.95 bits per heavy atom. The molecule has 1 aliphatic rings. The third-order valence-corrected chi connectivity index (χ3v) is 4.93. The Kier molecular flexibility index (Phi) is 8.23. The average Bonchev–Trinajstić information content (AvgIpc) is 2.52. The molecule has 1 aliphatic heterocycles. The summed E-state index contributed by atoms with van der Waals surface area (Å²) >= 11 is 1.97. The van der Waals surface area contributed by atoms with Crippen molar-refractivity contribution in [1.29, 1.82) is 0 Å². The number of rotatable bonds is 9. The molecule has 0 spiro atoms. The first-order valence-electron chi connectivity index (χ1n) is 8.37. The van der Waals surface area contributed by atoms with Gasteiger partial charge >= 0.3 is 0 Å². The van der Waals surface area contributed by atoms with Crippen molar-refractivity contribution in [3.8, 4) is 0 Å². The fraction of sp³-hybridized carbons (Fsp3) is 0.667. The summed E-state index contributed by atoms with van der Waals surface area (Å²) in [5, 5.41) is 3.67. The topological polar surface area (TPSA) is 15.3 Å². The Bertz CT molecular complexity index is 369. The maximum atomic E-state index is 3.67. The van der Waals surface area contributed by atoms with Crippen LogP contribution < -0.4 is 5.32 Å². The van der Waals surface area contributed by atoms with E-state index in [0.29, 0.717) is 6.04 Å². The molecule has 21 heavy (non-hydrogen) atoms. The van der Waals surface area contributed by atoms with Gasteiger partial charge in [-0.25, -0.2) is 0 Å². The van der Waals surface area contributed by atoms with E-state index in [4.69, 9.17) is 0 Å².